The highest BCUT2D eigenvalue weighted by Crippen LogP contribution is 2.64. The van der Waals surface area contributed by atoms with Crippen molar-refractivity contribution in [2.75, 3.05) is 12.1 Å². The molecule has 21 heavy (non-hydrogen) atoms. The van der Waals surface area contributed by atoms with Gasteiger partial charge in [0.25, 0.3) is 0 Å². The highest BCUT2D eigenvalue weighted by molar-refractivity contribution is 6.53. The van der Waals surface area contributed by atoms with Crippen molar-refractivity contribution in [2.45, 2.75) is 24.6 Å². The molecule has 0 spiro atoms. The fraction of sp³-hybridized carbons (Fsp3) is 0.429. The van der Waals surface area contributed by atoms with E-state index in [1.807, 2.05) is 0 Å². The first-order valence-electron chi connectivity index (χ1n) is 6.38. The van der Waals surface area contributed by atoms with Crippen LogP contribution in [0.2, 0.25) is 0 Å². The summed E-state index contributed by atoms with van der Waals surface area (Å²) in [6.45, 7) is 3.19. The zero-order chi connectivity index (χ0) is 15.4. The third kappa shape index (κ3) is 2.24. The topological polar surface area (TPSA) is 64.6 Å². The molecule has 2 aliphatic rings. The maximum atomic E-state index is 12.3. The fourth-order valence-electron chi connectivity index (χ4n) is 2.24. The zero-order valence-corrected chi connectivity index (χ0v) is 13.0. The Labute approximate surface area is 131 Å². The molecular formula is C14H13Cl2NO4. The van der Waals surface area contributed by atoms with Crippen LogP contribution >= 0.6 is 23.2 Å². The van der Waals surface area contributed by atoms with Crippen LogP contribution in [0.3, 0.4) is 0 Å². The molecule has 112 valence electrons. The van der Waals surface area contributed by atoms with Gasteiger partial charge in [-0.15, -0.1) is 23.2 Å². The molecule has 1 N–H and O–H groups in total. The van der Waals surface area contributed by atoms with Crippen LogP contribution in [-0.4, -0.2) is 22.8 Å². The Balaban J connectivity index is 1.92. The van der Waals surface area contributed by atoms with Crippen LogP contribution in [0.25, 0.3) is 0 Å². The van der Waals surface area contributed by atoms with Crippen molar-refractivity contribution < 1.29 is 19.1 Å². The van der Waals surface area contributed by atoms with Crippen molar-refractivity contribution in [3.05, 3.63) is 17.7 Å². The lowest BCUT2D eigenvalue weighted by Crippen LogP contribution is -2.26. The summed E-state index contributed by atoms with van der Waals surface area (Å²) in [6.07, 6.45) is 0.370. The second-order valence-corrected chi connectivity index (χ2v) is 6.96. The molecule has 7 heteroatoms. The van der Waals surface area contributed by atoms with Gasteiger partial charge in [-0.25, -0.2) is 0 Å². The van der Waals surface area contributed by atoms with Crippen molar-refractivity contribution in [3.8, 4) is 11.5 Å². The van der Waals surface area contributed by atoms with Crippen LogP contribution in [0.1, 0.15) is 30.6 Å². The first-order valence-corrected chi connectivity index (χ1v) is 7.14. The number of anilines is 1. The number of ketones is 1. The number of halogens is 2. The van der Waals surface area contributed by atoms with Gasteiger partial charge in [0, 0.05) is 11.6 Å². The second-order valence-electron chi connectivity index (χ2n) is 5.47. The van der Waals surface area contributed by atoms with Crippen LogP contribution in [0.4, 0.5) is 5.69 Å². The molecule has 1 atom stereocenters. The molecule has 1 aliphatic carbocycles. The van der Waals surface area contributed by atoms with Gasteiger partial charge in [-0.05, 0) is 26.3 Å². The third-order valence-corrected chi connectivity index (χ3v) is 5.00. The fourth-order valence-corrected chi connectivity index (χ4v) is 2.95. The molecule has 1 heterocycles. The minimum absolute atomic E-state index is 0.0915. The Morgan fingerprint density at radius 2 is 1.81 bits per heavy atom. The summed E-state index contributed by atoms with van der Waals surface area (Å²) in [4.78, 5) is 24.1. The average Bonchev–Trinajstić information content (AvgIpc) is 2.75. The molecule has 1 fully saturated rings. The molecule has 1 aliphatic heterocycles. The zero-order valence-electron chi connectivity index (χ0n) is 11.5. The summed E-state index contributed by atoms with van der Waals surface area (Å²) in [6, 6.07) is 3.14. The number of hydrogen-bond donors (Lipinski definition) is 1. The summed E-state index contributed by atoms with van der Waals surface area (Å²) >= 11 is 12.0. The number of Topliss-reactive ketones (excluding diaryl/α,β-unsaturated/α-hetero) is 1. The summed E-state index contributed by atoms with van der Waals surface area (Å²) in [5, 5.41) is 2.72. The molecule has 0 aromatic heterocycles. The normalized spacial score (nSPS) is 24.6. The van der Waals surface area contributed by atoms with E-state index in [-0.39, 0.29) is 18.5 Å². The van der Waals surface area contributed by atoms with E-state index in [2.05, 4.69) is 5.32 Å². The number of carbonyl (C=O) groups excluding carboxylic acids is 2. The predicted octanol–water partition coefficient (Wildman–Crippen LogP) is 3.14. The van der Waals surface area contributed by atoms with Crippen LogP contribution < -0.4 is 14.8 Å². The number of ether oxygens (including phenoxy) is 2. The van der Waals surface area contributed by atoms with Gasteiger partial charge in [0.05, 0.1) is 11.1 Å². The minimum Gasteiger partial charge on any atom is -0.454 e. The Bertz CT molecular complexity index is 659. The third-order valence-electron chi connectivity index (χ3n) is 3.90. The van der Waals surface area contributed by atoms with Crippen LogP contribution in [0.5, 0.6) is 11.5 Å². The first kappa shape index (κ1) is 14.5. The van der Waals surface area contributed by atoms with E-state index in [1.54, 1.807) is 19.1 Å². The molecule has 5 nitrogen and oxygen atoms in total. The summed E-state index contributed by atoms with van der Waals surface area (Å²) in [7, 11) is 0. The van der Waals surface area contributed by atoms with Gasteiger partial charge >= 0.3 is 0 Å². The van der Waals surface area contributed by atoms with Crippen molar-refractivity contribution in [3.63, 3.8) is 0 Å². The maximum absolute atomic E-state index is 12.3. The quantitative estimate of drug-likeness (QED) is 0.683. The van der Waals surface area contributed by atoms with E-state index in [9.17, 15) is 9.59 Å². The lowest BCUT2D eigenvalue weighted by atomic mass is 10.1. The summed E-state index contributed by atoms with van der Waals surface area (Å²) in [5.41, 5.74) is -0.138. The molecule has 1 aromatic rings. The SMILES string of the molecule is CC(=O)c1cc2c(cc1NC(=O)[C@]1(C)CC1(Cl)Cl)OCO2. The summed E-state index contributed by atoms with van der Waals surface area (Å²) < 4.78 is 9.43. The lowest BCUT2D eigenvalue weighted by Gasteiger charge is -2.15. The van der Waals surface area contributed by atoms with Gasteiger partial charge in [-0.1, -0.05) is 0 Å². The van der Waals surface area contributed by atoms with Crippen LogP contribution in [-0.2, 0) is 4.79 Å². The van der Waals surface area contributed by atoms with Crippen molar-refractivity contribution in [1.82, 2.24) is 0 Å². The van der Waals surface area contributed by atoms with Crippen LogP contribution in [0, 0.1) is 5.41 Å². The van der Waals surface area contributed by atoms with Crippen LogP contribution in [0.15, 0.2) is 12.1 Å². The Hall–Kier alpha value is -1.46. The number of carbonyl (C=O) groups is 2. The molecular weight excluding hydrogens is 317 g/mol. The number of hydrogen-bond acceptors (Lipinski definition) is 4. The minimum atomic E-state index is -1.07. The Kier molecular flexibility index (Phi) is 3.11. The monoisotopic (exact) mass is 329 g/mol. The average molecular weight is 330 g/mol. The molecule has 3 rings (SSSR count). The number of fused-ring (bicyclic) bond motifs is 1. The van der Waals surface area contributed by atoms with Gasteiger partial charge in [-0.2, -0.15) is 0 Å². The molecule has 0 unspecified atom stereocenters. The molecule has 0 saturated heterocycles. The number of amides is 1. The second kappa shape index (κ2) is 4.52. The molecule has 1 amide bonds. The smallest absolute Gasteiger partial charge is 0.233 e. The molecule has 1 aromatic carbocycles. The number of benzene rings is 1. The molecule has 0 bridgehead atoms. The number of rotatable bonds is 3. The van der Waals surface area contributed by atoms with E-state index >= 15 is 0 Å². The van der Waals surface area contributed by atoms with Gasteiger partial charge < -0.3 is 14.8 Å². The molecule has 1 saturated carbocycles. The largest absolute Gasteiger partial charge is 0.454 e. The highest BCUT2D eigenvalue weighted by Gasteiger charge is 2.67. The molecule has 0 radical (unpaired) electrons. The summed E-state index contributed by atoms with van der Waals surface area (Å²) in [5.74, 6) is 0.459. The van der Waals surface area contributed by atoms with Crippen molar-refractivity contribution in [1.29, 1.82) is 0 Å². The maximum Gasteiger partial charge on any atom is 0.233 e. The number of nitrogens with one attached hydrogen (secondary N) is 1. The lowest BCUT2D eigenvalue weighted by molar-refractivity contribution is -0.120. The van der Waals surface area contributed by atoms with Gasteiger partial charge in [-0.3, -0.25) is 9.59 Å². The van der Waals surface area contributed by atoms with E-state index in [1.165, 1.54) is 6.92 Å². The Morgan fingerprint density at radius 3 is 2.33 bits per heavy atom. The van der Waals surface area contributed by atoms with E-state index < -0.39 is 9.75 Å². The first-order chi connectivity index (χ1) is 9.74. The number of alkyl halides is 2. The Morgan fingerprint density at radius 1 is 1.24 bits per heavy atom. The van der Waals surface area contributed by atoms with E-state index in [0.717, 1.165) is 0 Å². The predicted molar refractivity (Wildman–Crippen MR) is 78.4 cm³/mol. The van der Waals surface area contributed by atoms with Crippen molar-refractivity contribution >= 4 is 40.6 Å². The van der Waals surface area contributed by atoms with Crippen molar-refractivity contribution in [2.24, 2.45) is 5.41 Å². The van der Waals surface area contributed by atoms with E-state index in [4.69, 9.17) is 32.7 Å². The highest BCUT2D eigenvalue weighted by atomic mass is 35.5. The van der Waals surface area contributed by atoms with Gasteiger partial charge in [0.15, 0.2) is 17.3 Å². The van der Waals surface area contributed by atoms with Gasteiger partial charge in [0.1, 0.15) is 4.33 Å². The van der Waals surface area contributed by atoms with E-state index in [0.29, 0.717) is 29.2 Å². The van der Waals surface area contributed by atoms with Gasteiger partial charge in [0.2, 0.25) is 12.7 Å². The standard InChI is InChI=1S/C14H13Cl2NO4/c1-7(18)8-3-10-11(21-6-20-10)4-9(8)17-12(19)13(2)5-14(13,15)16/h3-4H,5-6H2,1-2H3,(H,17,19)/t13-/m0/s1.